The average Bonchev–Trinajstić information content (AvgIpc) is 3.07. The lowest BCUT2D eigenvalue weighted by Gasteiger charge is -2.38. The van der Waals surface area contributed by atoms with E-state index in [0.717, 1.165) is 58.3 Å². The quantitative estimate of drug-likeness (QED) is 0.510. The summed E-state index contributed by atoms with van der Waals surface area (Å²) in [5.74, 6) is 0.966. The second-order valence-electron chi connectivity index (χ2n) is 7.92. The van der Waals surface area contributed by atoms with Gasteiger partial charge in [0, 0.05) is 59.0 Å². The van der Waals surface area contributed by atoms with Crippen molar-refractivity contribution in [2.24, 2.45) is 10.4 Å². The molecule has 0 aromatic rings. The second kappa shape index (κ2) is 10.3. The van der Waals surface area contributed by atoms with Crippen molar-refractivity contribution in [1.29, 1.82) is 0 Å². The maximum atomic E-state index is 5.34. The fourth-order valence-electron chi connectivity index (χ4n) is 4.06. The van der Waals surface area contributed by atoms with Gasteiger partial charge in [-0.2, -0.15) is 0 Å². The Labute approximate surface area is 154 Å². The minimum Gasteiger partial charge on any atom is -0.385 e. The Kier molecular flexibility index (Phi) is 8.46. The van der Waals surface area contributed by atoms with Gasteiger partial charge < -0.3 is 20.3 Å². The van der Waals surface area contributed by atoms with E-state index in [1.165, 1.54) is 25.7 Å². The van der Waals surface area contributed by atoms with Crippen LogP contribution in [0.1, 0.15) is 39.0 Å². The third-order valence-corrected chi connectivity index (χ3v) is 5.90. The van der Waals surface area contributed by atoms with Gasteiger partial charge in [0.05, 0.1) is 0 Å². The monoisotopic (exact) mass is 353 g/mol. The molecule has 1 heterocycles. The molecule has 1 unspecified atom stereocenters. The first-order valence-electron chi connectivity index (χ1n) is 9.98. The first kappa shape index (κ1) is 20.5. The van der Waals surface area contributed by atoms with Crippen molar-refractivity contribution in [3.63, 3.8) is 0 Å². The molecule has 6 heteroatoms. The number of aliphatic imine (C=N–C) groups is 1. The highest BCUT2D eigenvalue weighted by Gasteiger charge is 2.33. The molecule has 0 amide bonds. The van der Waals surface area contributed by atoms with Crippen molar-refractivity contribution >= 4 is 5.96 Å². The van der Waals surface area contributed by atoms with Crippen LogP contribution >= 0.6 is 0 Å². The lowest BCUT2D eigenvalue weighted by Crippen LogP contribution is -2.55. The normalized spacial score (nSPS) is 25.3. The van der Waals surface area contributed by atoms with Crippen molar-refractivity contribution in [2.45, 2.75) is 45.1 Å². The van der Waals surface area contributed by atoms with Gasteiger partial charge in [-0.05, 0) is 45.7 Å². The van der Waals surface area contributed by atoms with E-state index >= 15 is 0 Å². The summed E-state index contributed by atoms with van der Waals surface area (Å²) in [5.41, 5.74) is 0.347. The first-order chi connectivity index (χ1) is 12.1. The van der Waals surface area contributed by atoms with Gasteiger partial charge >= 0.3 is 0 Å². The molecule has 2 rings (SSSR count). The third kappa shape index (κ3) is 6.42. The molecule has 0 radical (unpaired) electrons. The Morgan fingerprint density at radius 2 is 1.96 bits per heavy atom. The van der Waals surface area contributed by atoms with E-state index < -0.39 is 0 Å². The lowest BCUT2D eigenvalue weighted by molar-refractivity contribution is 0.116. The zero-order valence-corrected chi connectivity index (χ0v) is 16.8. The van der Waals surface area contributed by atoms with Crippen molar-refractivity contribution < 1.29 is 4.74 Å². The number of rotatable bonds is 8. The molecule has 146 valence electrons. The van der Waals surface area contributed by atoms with E-state index in [9.17, 15) is 0 Å². The van der Waals surface area contributed by atoms with Crippen LogP contribution < -0.4 is 10.6 Å². The number of nitrogens with zero attached hydrogens (tertiary/aromatic N) is 3. The van der Waals surface area contributed by atoms with E-state index in [1.54, 1.807) is 7.11 Å². The van der Waals surface area contributed by atoms with Gasteiger partial charge in [0.25, 0.3) is 0 Å². The van der Waals surface area contributed by atoms with Crippen LogP contribution in [-0.2, 0) is 4.74 Å². The molecule has 1 saturated heterocycles. The molecule has 1 aliphatic carbocycles. The first-order valence-corrected chi connectivity index (χ1v) is 9.98. The molecular formula is C19H39N5O. The lowest BCUT2D eigenvalue weighted by atomic mass is 9.83. The minimum absolute atomic E-state index is 0.347. The standard InChI is InChI=1S/C19H39N5O/c1-5-20-18(21-14-17-15-23(2)11-12-24(17)3)22-16-19(10-13-25-4)8-6-7-9-19/h17H,5-16H2,1-4H3,(H2,20,21,22). The Morgan fingerprint density at radius 1 is 1.20 bits per heavy atom. The number of hydrogen-bond donors (Lipinski definition) is 2. The van der Waals surface area contributed by atoms with Crippen LogP contribution in [0.15, 0.2) is 4.99 Å². The molecule has 0 spiro atoms. The van der Waals surface area contributed by atoms with E-state index in [4.69, 9.17) is 9.73 Å². The summed E-state index contributed by atoms with van der Waals surface area (Å²) in [4.78, 5) is 9.82. The van der Waals surface area contributed by atoms with Gasteiger partial charge in [-0.15, -0.1) is 0 Å². The van der Waals surface area contributed by atoms with E-state index in [-0.39, 0.29) is 0 Å². The Hall–Kier alpha value is -0.850. The smallest absolute Gasteiger partial charge is 0.191 e. The average molecular weight is 354 g/mol. The van der Waals surface area contributed by atoms with Crippen LogP contribution in [0.2, 0.25) is 0 Å². The molecule has 1 aliphatic heterocycles. The second-order valence-corrected chi connectivity index (χ2v) is 7.92. The molecular weight excluding hydrogens is 314 g/mol. The number of likely N-dealkylation sites (N-methyl/N-ethyl adjacent to an activating group) is 2. The highest BCUT2D eigenvalue weighted by atomic mass is 16.5. The molecule has 0 bridgehead atoms. The fourth-order valence-corrected chi connectivity index (χ4v) is 4.06. The van der Waals surface area contributed by atoms with Crippen LogP contribution in [0.4, 0.5) is 0 Å². The summed E-state index contributed by atoms with van der Waals surface area (Å²) in [6.45, 7) is 9.13. The summed E-state index contributed by atoms with van der Waals surface area (Å²) in [6.07, 6.45) is 6.37. The van der Waals surface area contributed by atoms with Crippen LogP contribution in [0.5, 0.6) is 0 Å². The van der Waals surface area contributed by atoms with Crippen molar-refractivity contribution in [3.8, 4) is 0 Å². The van der Waals surface area contributed by atoms with E-state index in [2.05, 4.69) is 41.5 Å². The zero-order valence-electron chi connectivity index (χ0n) is 16.8. The van der Waals surface area contributed by atoms with Gasteiger partial charge in [0.2, 0.25) is 0 Å². The molecule has 1 saturated carbocycles. The SMILES string of the molecule is CCNC(=NCC1(CCOC)CCCC1)NCC1CN(C)CCN1C. The summed E-state index contributed by atoms with van der Waals surface area (Å²) >= 11 is 0. The molecule has 0 aromatic carbocycles. The largest absolute Gasteiger partial charge is 0.385 e. The third-order valence-electron chi connectivity index (χ3n) is 5.90. The summed E-state index contributed by atoms with van der Waals surface area (Å²) < 4.78 is 5.34. The van der Waals surface area contributed by atoms with Gasteiger partial charge in [-0.1, -0.05) is 12.8 Å². The van der Waals surface area contributed by atoms with Crippen molar-refractivity contribution in [3.05, 3.63) is 0 Å². The molecule has 2 fully saturated rings. The van der Waals surface area contributed by atoms with Crippen molar-refractivity contribution in [2.75, 3.05) is 67.1 Å². The molecule has 0 aromatic heterocycles. The van der Waals surface area contributed by atoms with Gasteiger partial charge in [0.15, 0.2) is 5.96 Å². The topological polar surface area (TPSA) is 52.1 Å². The van der Waals surface area contributed by atoms with Gasteiger partial charge in [0.1, 0.15) is 0 Å². The number of hydrogen-bond acceptors (Lipinski definition) is 4. The van der Waals surface area contributed by atoms with Crippen LogP contribution in [0, 0.1) is 5.41 Å². The molecule has 2 N–H and O–H groups in total. The maximum Gasteiger partial charge on any atom is 0.191 e. The molecule has 1 atom stereocenters. The molecule has 6 nitrogen and oxygen atoms in total. The predicted octanol–water partition coefficient (Wildman–Crippen LogP) is 1.38. The summed E-state index contributed by atoms with van der Waals surface area (Å²) in [5, 5.41) is 7.00. The Balaban J connectivity index is 1.90. The zero-order chi connectivity index (χ0) is 18.1. The fraction of sp³-hybridized carbons (Fsp3) is 0.947. The number of nitrogens with one attached hydrogen (secondary N) is 2. The summed E-state index contributed by atoms with van der Waals surface area (Å²) in [7, 11) is 6.23. The Morgan fingerprint density at radius 3 is 2.64 bits per heavy atom. The number of ether oxygens (including phenoxy) is 1. The predicted molar refractivity (Wildman–Crippen MR) is 105 cm³/mol. The van der Waals surface area contributed by atoms with E-state index in [0.29, 0.717) is 11.5 Å². The van der Waals surface area contributed by atoms with Crippen LogP contribution in [-0.4, -0.2) is 88.9 Å². The number of methoxy groups -OCH3 is 1. The van der Waals surface area contributed by atoms with Crippen LogP contribution in [0.25, 0.3) is 0 Å². The summed E-state index contributed by atoms with van der Waals surface area (Å²) in [6, 6.07) is 0.538. The van der Waals surface area contributed by atoms with E-state index in [1.807, 2.05) is 0 Å². The maximum absolute atomic E-state index is 5.34. The van der Waals surface area contributed by atoms with Crippen LogP contribution in [0.3, 0.4) is 0 Å². The number of guanidine groups is 1. The Bertz CT molecular complexity index is 409. The highest BCUT2D eigenvalue weighted by Crippen LogP contribution is 2.41. The minimum atomic E-state index is 0.347. The van der Waals surface area contributed by atoms with Crippen molar-refractivity contribution in [1.82, 2.24) is 20.4 Å². The highest BCUT2D eigenvalue weighted by molar-refractivity contribution is 5.79. The molecule has 2 aliphatic rings. The van der Waals surface area contributed by atoms with Gasteiger partial charge in [-0.25, -0.2) is 0 Å². The molecule has 25 heavy (non-hydrogen) atoms. The number of piperazine rings is 1. The van der Waals surface area contributed by atoms with Gasteiger partial charge in [-0.3, -0.25) is 9.89 Å².